The quantitative estimate of drug-likeness (QED) is 0.794. The third-order valence-electron chi connectivity index (χ3n) is 4.21. The minimum Gasteiger partial charge on any atom is -0.377 e. The normalized spacial score (nSPS) is 26.6. The molecule has 0 saturated carbocycles. The first-order valence-electron chi connectivity index (χ1n) is 6.51. The highest BCUT2D eigenvalue weighted by Gasteiger charge is 2.41. The molecule has 2 aliphatic rings. The van der Waals surface area contributed by atoms with Crippen molar-refractivity contribution in [3.8, 4) is 6.07 Å². The molecule has 0 aromatic heterocycles. The first kappa shape index (κ1) is 11.7. The van der Waals surface area contributed by atoms with Crippen molar-refractivity contribution in [1.29, 1.82) is 5.26 Å². The van der Waals surface area contributed by atoms with Crippen LogP contribution in [-0.2, 0) is 10.2 Å². The van der Waals surface area contributed by atoms with Gasteiger partial charge in [-0.3, -0.25) is 0 Å². The van der Waals surface area contributed by atoms with E-state index in [4.69, 9.17) is 4.74 Å². The molecule has 0 radical (unpaired) electrons. The molecule has 1 aromatic rings. The van der Waals surface area contributed by atoms with Crippen LogP contribution in [0.1, 0.15) is 23.5 Å². The standard InChI is InChI=1S/C15H18N2O/c1-17-6-5-13(8-17)12-3-2-4-14(7-12)15(9-16)10-18-11-15/h2-4,7,13H,5-6,8,10-11H2,1H3. The van der Waals surface area contributed by atoms with E-state index in [0.29, 0.717) is 19.1 Å². The predicted molar refractivity (Wildman–Crippen MR) is 69.4 cm³/mol. The molecule has 2 heterocycles. The second-order valence-corrected chi connectivity index (χ2v) is 5.56. The zero-order valence-electron chi connectivity index (χ0n) is 10.7. The van der Waals surface area contributed by atoms with Gasteiger partial charge in [0, 0.05) is 6.54 Å². The number of ether oxygens (including phenoxy) is 1. The third-order valence-corrected chi connectivity index (χ3v) is 4.21. The number of nitrogens with zero attached hydrogens (tertiary/aromatic N) is 2. The fourth-order valence-electron chi connectivity index (χ4n) is 2.90. The van der Waals surface area contributed by atoms with Crippen molar-refractivity contribution in [3.63, 3.8) is 0 Å². The monoisotopic (exact) mass is 242 g/mol. The minimum atomic E-state index is -0.388. The number of hydrogen-bond donors (Lipinski definition) is 0. The maximum Gasteiger partial charge on any atom is 0.129 e. The van der Waals surface area contributed by atoms with Crippen LogP contribution in [0.5, 0.6) is 0 Å². The summed E-state index contributed by atoms with van der Waals surface area (Å²) in [5, 5.41) is 9.35. The Labute approximate surface area is 108 Å². The van der Waals surface area contributed by atoms with Crippen LogP contribution in [0.3, 0.4) is 0 Å². The lowest BCUT2D eigenvalue weighted by molar-refractivity contribution is -0.0298. The van der Waals surface area contributed by atoms with E-state index in [9.17, 15) is 5.26 Å². The molecule has 2 saturated heterocycles. The predicted octanol–water partition coefficient (Wildman–Crippen LogP) is 1.90. The van der Waals surface area contributed by atoms with Gasteiger partial charge >= 0.3 is 0 Å². The number of hydrogen-bond acceptors (Lipinski definition) is 3. The maximum absolute atomic E-state index is 9.35. The molecule has 3 nitrogen and oxygen atoms in total. The molecular formula is C15H18N2O. The van der Waals surface area contributed by atoms with E-state index in [1.807, 2.05) is 0 Å². The molecule has 2 aliphatic heterocycles. The van der Waals surface area contributed by atoms with Gasteiger partial charge in [0.2, 0.25) is 0 Å². The molecular weight excluding hydrogens is 224 g/mol. The largest absolute Gasteiger partial charge is 0.377 e. The van der Waals surface area contributed by atoms with Gasteiger partial charge in [-0.15, -0.1) is 0 Å². The molecule has 1 unspecified atom stereocenters. The van der Waals surface area contributed by atoms with E-state index in [0.717, 1.165) is 12.1 Å². The van der Waals surface area contributed by atoms with Gasteiger partial charge in [0.1, 0.15) is 5.41 Å². The van der Waals surface area contributed by atoms with E-state index < -0.39 is 0 Å². The van der Waals surface area contributed by atoms with Gasteiger partial charge in [-0.2, -0.15) is 5.26 Å². The molecule has 1 aromatic carbocycles. The molecule has 3 rings (SSSR count). The Morgan fingerprint density at radius 1 is 1.44 bits per heavy atom. The van der Waals surface area contributed by atoms with Crippen molar-refractivity contribution in [2.24, 2.45) is 0 Å². The van der Waals surface area contributed by atoms with Crippen molar-refractivity contribution >= 4 is 0 Å². The summed E-state index contributed by atoms with van der Waals surface area (Å²) in [5.41, 5.74) is 2.11. The third kappa shape index (κ3) is 1.82. The van der Waals surface area contributed by atoms with Gasteiger partial charge in [-0.25, -0.2) is 0 Å². The fourth-order valence-corrected chi connectivity index (χ4v) is 2.90. The van der Waals surface area contributed by atoms with Crippen molar-refractivity contribution < 1.29 is 4.74 Å². The highest BCUT2D eigenvalue weighted by atomic mass is 16.5. The summed E-state index contributed by atoms with van der Waals surface area (Å²) in [6.07, 6.45) is 1.22. The summed E-state index contributed by atoms with van der Waals surface area (Å²) < 4.78 is 5.24. The lowest BCUT2D eigenvalue weighted by Crippen LogP contribution is -2.45. The van der Waals surface area contributed by atoms with Crippen molar-refractivity contribution in [2.75, 3.05) is 33.4 Å². The van der Waals surface area contributed by atoms with Crippen LogP contribution in [0, 0.1) is 11.3 Å². The van der Waals surface area contributed by atoms with Gasteiger partial charge < -0.3 is 9.64 Å². The second-order valence-electron chi connectivity index (χ2n) is 5.56. The molecule has 94 valence electrons. The van der Waals surface area contributed by atoms with Crippen LogP contribution in [0.15, 0.2) is 24.3 Å². The molecule has 0 aliphatic carbocycles. The number of rotatable bonds is 2. The van der Waals surface area contributed by atoms with Gasteiger partial charge in [0.15, 0.2) is 0 Å². The van der Waals surface area contributed by atoms with Crippen molar-refractivity contribution in [1.82, 2.24) is 4.90 Å². The van der Waals surface area contributed by atoms with Crippen LogP contribution in [0.4, 0.5) is 0 Å². The van der Waals surface area contributed by atoms with Gasteiger partial charge in [-0.1, -0.05) is 24.3 Å². The Morgan fingerprint density at radius 2 is 2.28 bits per heavy atom. The van der Waals surface area contributed by atoms with E-state index in [1.165, 1.54) is 18.5 Å². The van der Waals surface area contributed by atoms with Gasteiger partial charge in [-0.05, 0) is 37.1 Å². The number of likely N-dealkylation sites (tertiary alicyclic amines) is 1. The second kappa shape index (κ2) is 4.38. The molecule has 3 heteroatoms. The van der Waals surface area contributed by atoms with E-state index >= 15 is 0 Å². The average Bonchev–Trinajstić information content (AvgIpc) is 2.76. The number of likely N-dealkylation sites (N-methyl/N-ethyl adjacent to an activating group) is 1. The first-order valence-corrected chi connectivity index (χ1v) is 6.51. The van der Waals surface area contributed by atoms with E-state index in [2.05, 4.69) is 42.3 Å². The Morgan fingerprint density at radius 3 is 2.83 bits per heavy atom. The molecule has 0 spiro atoms. The first-order chi connectivity index (χ1) is 8.73. The summed E-state index contributed by atoms with van der Waals surface area (Å²) in [6, 6.07) is 11.0. The molecule has 0 bridgehead atoms. The Bertz CT molecular complexity index is 488. The van der Waals surface area contributed by atoms with Crippen LogP contribution in [-0.4, -0.2) is 38.3 Å². The van der Waals surface area contributed by atoms with E-state index in [-0.39, 0.29) is 5.41 Å². The van der Waals surface area contributed by atoms with Crippen LogP contribution >= 0.6 is 0 Å². The highest BCUT2D eigenvalue weighted by Crippen LogP contribution is 2.34. The average molecular weight is 242 g/mol. The summed E-state index contributed by atoms with van der Waals surface area (Å²) in [5.74, 6) is 0.617. The van der Waals surface area contributed by atoms with Gasteiger partial charge in [0.05, 0.1) is 19.3 Å². The minimum absolute atomic E-state index is 0.388. The summed E-state index contributed by atoms with van der Waals surface area (Å²) >= 11 is 0. The summed E-state index contributed by atoms with van der Waals surface area (Å²) in [4.78, 5) is 2.36. The molecule has 18 heavy (non-hydrogen) atoms. The highest BCUT2D eigenvalue weighted by molar-refractivity contribution is 5.39. The number of nitriles is 1. The number of benzene rings is 1. The lowest BCUT2D eigenvalue weighted by Gasteiger charge is -2.35. The Balaban J connectivity index is 1.88. The van der Waals surface area contributed by atoms with Crippen LogP contribution in [0.2, 0.25) is 0 Å². The molecule has 1 atom stereocenters. The molecule has 2 fully saturated rings. The zero-order chi connectivity index (χ0) is 12.6. The van der Waals surface area contributed by atoms with Crippen molar-refractivity contribution in [3.05, 3.63) is 35.4 Å². The summed E-state index contributed by atoms with van der Waals surface area (Å²) in [7, 11) is 2.17. The Hall–Kier alpha value is -1.37. The summed E-state index contributed by atoms with van der Waals surface area (Å²) in [6.45, 7) is 3.37. The van der Waals surface area contributed by atoms with Crippen LogP contribution < -0.4 is 0 Å². The SMILES string of the molecule is CN1CCC(c2cccc(C3(C#N)COC3)c2)C1. The maximum atomic E-state index is 9.35. The van der Waals surface area contributed by atoms with Crippen LogP contribution in [0.25, 0.3) is 0 Å². The van der Waals surface area contributed by atoms with Gasteiger partial charge in [0.25, 0.3) is 0 Å². The fraction of sp³-hybridized carbons (Fsp3) is 0.533. The van der Waals surface area contributed by atoms with Crippen molar-refractivity contribution in [2.45, 2.75) is 17.8 Å². The topological polar surface area (TPSA) is 36.3 Å². The molecule has 0 amide bonds. The van der Waals surface area contributed by atoms with E-state index in [1.54, 1.807) is 0 Å². The zero-order valence-corrected chi connectivity index (χ0v) is 10.7. The molecule has 0 N–H and O–H groups in total. The smallest absolute Gasteiger partial charge is 0.129 e. The Kier molecular flexibility index (Phi) is 2.85. The lowest BCUT2D eigenvalue weighted by atomic mass is 9.79.